The molecule has 3 heteroatoms. The van der Waals surface area contributed by atoms with Crippen LogP contribution >= 0.6 is 0 Å². The van der Waals surface area contributed by atoms with E-state index in [0.29, 0.717) is 31.6 Å². The summed E-state index contributed by atoms with van der Waals surface area (Å²) in [7, 11) is 0. The van der Waals surface area contributed by atoms with Gasteiger partial charge in [-0.25, -0.2) is 0 Å². The van der Waals surface area contributed by atoms with Gasteiger partial charge in [-0.05, 0) is 13.3 Å². The van der Waals surface area contributed by atoms with Crippen LogP contribution in [0.5, 0.6) is 0 Å². The molecule has 0 heterocycles. The van der Waals surface area contributed by atoms with Crippen molar-refractivity contribution in [1.82, 2.24) is 4.90 Å². The molecule has 0 rings (SSSR count). The maximum absolute atomic E-state index is 11.5. The Balaban J connectivity index is 4.11. The van der Waals surface area contributed by atoms with E-state index < -0.39 is 0 Å². The number of likely N-dealkylation sites (N-methyl/N-ethyl adjacent to an activating group) is 1. The molecular weight excluding hydrogens is 152 g/mol. The van der Waals surface area contributed by atoms with Gasteiger partial charge < -0.3 is 10.6 Å². The highest BCUT2D eigenvalue weighted by molar-refractivity contribution is 5.92. The first-order chi connectivity index (χ1) is 5.67. The third kappa shape index (κ3) is 3.05. The zero-order valence-corrected chi connectivity index (χ0v) is 7.97. The van der Waals surface area contributed by atoms with Crippen LogP contribution in [0, 0.1) is 0 Å². The van der Waals surface area contributed by atoms with Crippen LogP contribution in [0.2, 0.25) is 0 Å². The number of nitrogens with two attached hydrogens (primary N) is 1. The zero-order chi connectivity index (χ0) is 9.56. The summed E-state index contributed by atoms with van der Waals surface area (Å²) < 4.78 is 0. The molecule has 0 spiro atoms. The molecule has 0 saturated heterocycles. The summed E-state index contributed by atoms with van der Waals surface area (Å²) in [6, 6.07) is 0. The van der Waals surface area contributed by atoms with E-state index in [-0.39, 0.29) is 5.91 Å². The summed E-state index contributed by atoms with van der Waals surface area (Å²) in [5.41, 5.74) is 6.02. The van der Waals surface area contributed by atoms with Crippen LogP contribution in [0.4, 0.5) is 0 Å². The molecule has 0 saturated carbocycles. The van der Waals surface area contributed by atoms with Crippen molar-refractivity contribution in [2.45, 2.75) is 20.3 Å². The molecule has 0 atom stereocenters. The lowest BCUT2D eigenvalue weighted by atomic mass is 10.2. The minimum Gasteiger partial charge on any atom is -0.338 e. The fourth-order valence-electron chi connectivity index (χ4n) is 0.934. The first-order valence-electron chi connectivity index (χ1n) is 4.34. The fourth-order valence-corrected chi connectivity index (χ4v) is 0.934. The average molecular weight is 170 g/mol. The molecule has 2 N–H and O–H groups in total. The van der Waals surface area contributed by atoms with Crippen LogP contribution in [0.15, 0.2) is 12.2 Å². The highest BCUT2D eigenvalue weighted by Crippen LogP contribution is 2.02. The monoisotopic (exact) mass is 170 g/mol. The Morgan fingerprint density at radius 1 is 1.50 bits per heavy atom. The number of carbonyl (C=O) groups is 1. The summed E-state index contributed by atoms with van der Waals surface area (Å²) in [6.45, 7) is 9.39. The molecule has 0 aliphatic rings. The summed E-state index contributed by atoms with van der Waals surface area (Å²) in [5.74, 6) is 0.0328. The topological polar surface area (TPSA) is 46.3 Å². The van der Waals surface area contributed by atoms with Crippen LogP contribution in [0.1, 0.15) is 20.3 Å². The number of hydrogen-bond donors (Lipinski definition) is 1. The van der Waals surface area contributed by atoms with E-state index >= 15 is 0 Å². The number of nitrogens with zero attached hydrogens (tertiary/aromatic N) is 1. The second kappa shape index (κ2) is 5.77. The molecule has 0 aliphatic heterocycles. The lowest BCUT2D eigenvalue weighted by molar-refractivity contribution is -0.126. The van der Waals surface area contributed by atoms with Crippen molar-refractivity contribution in [3.8, 4) is 0 Å². The van der Waals surface area contributed by atoms with Gasteiger partial charge in [-0.3, -0.25) is 4.79 Å². The van der Waals surface area contributed by atoms with Gasteiger partial charge in [0.2, 0.25) is 5.91 Å². The first kappa shape index (κ1) is 11.2. The SMILES string of the molecule is C=C(CC)C(=O)N(CC)CCN. The maximum Gasteiger partial charge on any atom is 0.249 e. The van der Waals surface area contributed by atoms with E-state index in [1.165, 1.54) is 0 Å². The molecule has 12 heavy (non-hydrogen) atoms. The van der Waals surface area contributed by atoms with E-state index in [0.717, 1.165) is 0 Å². The Morgan fingerprint density at radius 3 is 2.42 bits per heavy atom. The molecule has 70 valence electrons. The maximum atomic E-state index is 11.5. The molecular formula is C9H18N2O. The Labute approximate surface area is 74.2 Å². The minimum absolute atomic E-state index is 0.0328. The van der Waals surface area contributed by atoms with Gasteiger partial charge in [0.25, 0.3) is 0 Å². The fraction of sp³-hybridized carbons (Fsp3) is 0.667. The van der Waals surface area contributed by atoms with Crippen LogP contribution in [0.3, 0.4) is 0 Å². The van der Waals surface area contributed by atoms with E-state index in [2.05, 4.69) is 6.58 Å². The Kier molecular flexibility index (Phi) is 5.37. The van der Waals surface area contributed by atoms with Gasteiger partial charge in [-0.1, -0.05) is 13.5 Å². The van der Waals surface area contributed by atoms with Crippen molar-refractivity contribution >= 4 is 5.91 Å². The number of amides is 1. The molecule has 0 bridgehead atoms. The Hall–Kier alpha value is -0.830. The first-order valence-corrected chi connectivity index (χ1v) is 4.34. The zero-order valence-electron chi connectivity index (χ0n) is 7.97. The molecule has 0 aliphatic carbocycles. The second-order valence-corrected chi connectivity index (χ2v) is 2.63. The third-order valence-corrected chi connectivity index (χ3v) is 1.80. The van der Waals surface area contributed by atoms with E-state index in [9.17, 15) is 4.79 Å². The van der Waals surface area contributed by atoms with E-state index in [1.54, 1.807) is 4.90 Å². The van der Waals surface area contributed by atoms with Gasteiger partial charge in [-0.15, -0.1) is 0 Å². The van der Waals surface area contributed by atoms with E-state index in [1.807, 2.05) is 13.8 Å². The molecule has 0 aromatic rings. The van der Waals surface area contributed by atoms with Gasteiger partial charge >= 0.3 is 0 Å². The van der Waals surface area contributed by atoms with Gasteiger partial charge in [0, 0.05) is 25.2 Å². The molecule has 0 aromatic carbocycles. The quantitative estimate of drug-likeness (QED) is 0.619. The van der Waals surface area contributed by atoms with Crippen molar-refractivity contribution in [3.63, 3.8) is 0 Å². The van der Waals surface area contributed by atoms with Gasteiger partial charge in [0.15, 0.2) is 0 Å². The standard InChI is InChI=1S/C9H18N2O/c1-4-8(3)9(12)11(5-2)7-6-10/h3-7,10H2,1-2H3. The van der Waals surface area contributed by atoms with Crippen molar-refractivity contribution in [2.75, 3.05) is 19.6 Å². The van der Waals surface area contributed by atoms with Crippen molar-refractivity contribution in [2.24, 2.45) is 5.73 Å². The number of rotatable bonds is 5. The van der Waals surface area contributed by atoms with E-state index in [4.69, 9.17) is 5.73 Å². The van der Waals surface area contributed by atoms with Gasteiger partial charge in [-0.2, -0.15) is 0 Å². The van der Waals surface area contributed by atoms with Crippen molar-refractivity contribution in [1.29, 1.82) is 0 Å². The molecule has 0 aromatic heterocycles. The Bertz CT molecular complexity index is 166. The molecule has 3 nitrogen and oxygen atoms in total. The molecule has 1 amide bonds. The third-order valence-electron chi connectivity index (χ3n) is 1.80. The molecule has 0 radical (unpaired) electrons. The smallest absolute Gasteiger partial charge is 0.249 e. The highest BCUT2D eigenvalue weighted by atomic mass is 16.2. The van der Waals surface area contributed by atoms with Crippen molar-refractivity contribution < 1.29 is 4.79 Å². The highest BCUT2D eigenvalue weighted by Gasteiger charge is 2.11. The van der Waals surface area contributed by atoms with Crippen LogP contribution < -0.4 is 5.73 Å². The van der Waals surface area contributed by atoms with Crippen LogP contribution in [0.25, 0.3) is 0 Å². The van der Waals surface area contributed by atoms with Crippen LogP contribution in [-0.4, -0.2) is 30.4 Å². The summed E-state index contributed by atoms with van der Waals surface area (Å²) in [4.78, 5) is 13.2. The average Bonchev–Trinajstić information content (AvgIpc) is 2.11. The van der Waals surface area contributed by atoms with Crippen LogP contribution in [-0.2, 0) is 4.79 Å². The van der Waals surface area contributed by atoms with Gasteiger partial charge in [0.05, 0.1) is 0 Å². The predicted molar refractivity (Wildman–Crippen MR) is 50.7 cm³/mol. The van der Waals surface area contributed by atoms with Gasteiger partial charge in [0.1, 0.15) is 0 Å². The number of carbonyl (C=O) groups excluding carboxylic acids is 1. The lowest BCUT2D eigenvalue weighted by Crippen LogP contribution is -2.35. The summed E-state index contributed by atoms with van der Waals surface area (Å²) >= 11 is 0. The second-order valence-electron chi connectivity index (χ2n) is 2.63. The minimum atomic E-state index is 0.0328. The lowest BCUT2D eigenvalue weighted by Gasteiger charge is -2.20. The normalized spacial score (nSPS) is 9.58. The van der Waals surface area contributed by atoms with Crippen molar-refractivity contribution in [3.05, 3.63) is 12.2 Å². The number of hydrogen-bond acceptors (Lipinski definition) is 2. The Morgan fingerprint density at radius 2 is 2.08 bits per heavy atom. The summed E-state index contributed by atoms with van der Waals surface area (Å²) in [6.07, 6.45) is 0.708. The predicted octanol–water partition coefficient (Wildman–Crippen LogP) is 0.760. The molecule has 0 unspecified atom stereocenters. The largest absolute Gasteiger partial charge is 0.338 e. The molecule has 0 fully saturated rings. The summed E-state index contributed by atoms with van der Waals surface area (Å²) in [5, 5.41) is 0.